The van der Waals surface area contributed by atoms with Crippen molar-refractivity contribution >= 4 is 26.7 Å². The second-order valence-corrected chi connectivity index (χ2v) is 6.28. The first kappa shape index (κ1) is 12.2. The number of hydrogen-bond acceptors (Lipinski definition) is 2. The highest BCUT2D eigenvalue weighted by atomic mass is 79.9. The summed E-state index contributed by atoms with van der Waals surface area (Å²) in [7, 11) is -0.905. The fourth-order valence-corrected chi connectivity index (χ4v) is 3.68. The molecule has 1 unspecified atom stereocenters. The molecule has 1 fully saturated rings. The van der Waals surface area contributed by atoms with Crippen LogP contribution in [-0.4, -0.2) is 23.1 Å². The van der Waals surface area contributed by atoms with Crippen LogP contribution in [0.25, 0.3) is 0 Å². The van der Waals surface area contributed by atoms with Gasteiger partial charge in [0.25, 0.3) is 0 Å². The lowest BCUT2D eigenvalue weighted by atomic mass is 10.1. The molecule has 0 spiro atoms. The summed E-state index contributed by atoms with van der Waals surface area (Å²) in [6, 6.07) is 4.86. The molecule has 0 amide bonds. The molecule has 1 N–H and O–H groups in total. The molecule has 1 atom stereocenters. The average molecular weight is 306 g/mol. The zero-order valence-electron chi connectivity index (χ0n) is 8.71. The van der Waals surface area contributed by atoms with Crippen LogP contribution in [0.2, 0.25) is 0 Å². The molecule has 5 heteroatoms. The summed E-state index contributed by atoms with van der Waals surface area (Å²) in [5.74, 6) is 1.36. The molecule has 0 aliphatic carbocycles. The SMILES string of the molecule is O=S(Cc1cccc(F)c1Br)CC1CNC1. The van der Waals surface area contributed by atoms with Crippen molar-refractivity contribution in [1.29, 1.82) is 0 Å². The molecule has 1 saturated heterocycles. The number of benzene rings is 1. The third kappa shape index (κ3) is 2.90. The molecule has 2 rings (SSSR count). The van der Waals surface area contributed by atoms with Crippen LogP contribution in [0, 0.1) is 11.7 Å². The van der Waals surface area contributed by atoms with Gasteiger partial charge in [-0.15, -0.1) is 0 Å². The Morgan fingerprint density at radius 3 is 2.88 bits per heavy atom. The molecule has 16 heavy (non-hydrogen) atoms. The maximum absolute atomic E-state index is 13.2. The minimum atomic E-state index is -0.905. The summed E-state index contributed by atoms with van der Waals surface area (Å²) in [5.41, 5.74) is 0.783. The molecular weight excluding hydrogens is 293 g/mol. The lowest BCUT2D eigenvalue weighted by Crippen LogP contribution is -2.44. The lowest BCUT2D eigenvalue weighted by Gasteiger charge is -2.26. The van der Waals surface area contributed by atoms with Crippen molar-refractivity contribution in [2.45, 2.75) is 5.75 Å². The second-order valence-electron chi connectivity index (χ2n) is 3.99. The van der Waals surface area contributed by atoms with Crippen LogP contribution in [0.4, 0.5) is 4.39 Å². The van der Waals surface area contributed by atoms with E-state index in [1.807, 2.05) is 6.07 Å². The molecule has 1 aromatic rings. The first-order chi connectivity index (χ1) is 7.66. The van der Waals surface area contributed by atoms with Crippen molar-refractivity contribution in [3.05, 3.63) is 34.1 Å². The van der Waals surface area contributed by atoms with E-state index in [-0.39, 0.29) is 5.82 Å². The van der Waals surface area contributed by atoms with Crippen LogP contribution < -0.4 is 5.32 Å². The third-order valence-electron chi connectivity index (χ3n) is 2.64. The molecule has 0 radical (unpaired) electrons. The van der Waals surface area contributed by atoms with Gasteiger partial charge in [-0.05, 0) is 33.5 Å². The van der Waals surface area contributed by atoms with Gasteiger partial charge in [0.15, 0.2) is 0 Å². The second kappa shape index (κ2) is 5.38. The molecule has 88 valence electrons. The highest BCUT2D eigenvalue weighted by Gasteiger charge is 2.20. The van der Waals surface area contributed by atoms with E-state index < -0.39 is 10.8 Å². The van der Waals surface area contributed by atoms with E-state index in [2.05, 4.69) is 21.2 Å². The Morgan fingerprint density at radius 1 is 1.50 bits per heavy atom. The lowest BCUT2D eigenvalue weighted by molar-refractivity contribution is 0.382. The van der Waals surface area contributed by atoms with Crippen molar-refractivity contribution in [3.63, 3.8) is 0 Å². The van der Waals surface area contributed by atoms with Crippen LogP contribution in [-0.2, 0) is 16.6 Å². The van der Waals surface area contributed by atoms with Gasteiger partial charge in [0.05, 0.1) is 4.47 Å². The zero-order valence-corrected chi connectivity index (χ0v) is 11.1. The predicted octanol–water partition coefficient (Wildman–Crippen LogP) is 2.06. The molecule has 1 aliphatic rings. The molecule has 0 aromatic heterocycles. The topological polar surface area (TPSA) is 29.1 Å². The summed E-state index contributed by atoms with van der Waals surface area (Å²) in [5, 5.41) is 3.15. The molecule has 0 bridgehead atoms. The first-order valence-electron chi connectivity index (χ1n) is 5.15. The fourth-order valence-electron chi connectivity index (χ4n) is 1.62. The molecule has 1 aliphatic heterocycles. The van der Waals surface area contributed by atoms with Crippen molar-refractivity contribution in [1.82, 2.24) is 5.32 Å². The van der Waals surface area contributed by atoms with Crippen LogP contribution in [0.3, 0.4) is 0 Å². The van der Waals surface area contributed by atoms with Gasteiger partial charge in [0.2, 0.25) is 0 Å². The van der Waals surface area contributed by atoms with Gasteiger partial charge >= 0.3 is 0 Å². The number of hydrogen-bond donors (Lipinski definition) is 1. The Labute approximate surface area is 105 Å². The maximum Gasteiger partial charge on any atom is 0.137 e. The Morgan fingerprint density at radius 2 is 2.25 bits per heavy atom. The van der Waals surface area contributed by atoms with Gasteiger partial charge < -0.3 is 5.32 Å². The van der Waals surface area contributed by atoms with E-state index in [1.165, 1.54) is 6.07 Å². The molecule has 1 heterocycles. The Hall–Kier alpha value is -0.260. The molecular formula is C11H13BrFNOS. The Kier molecular flexibility index (Phi) is 4.10. The molecule has 2 nitrogen and oxygen atoms in total. The van der Waals surface area contributed by atoms with Crippen molar-refractivity contribution in [2.24, 2.45) is 5.92 Å². The van der Waals surface area contributed by atoms with Gasteiger partial charge in [-0.25, -0.2) is 4.39 Å². The summed E-state index contributed by atoms with van der Waals surface area (Å²) < 4.78 is 25.5. The zero-order chi connectivity index (χ0) is 11.5. The summed E-state index contributed by atoms with van der Waals surface area (Å²) in [4.78, 5) is 0. The Bertz CT molecular complexity index is 409. The van der Waals surface area contributed by atoms with Crippen LogP contribution in [0.15, 0.2) is 22.7 Å². The smallest absolute Gasteiger partial charge is 0.137 e. The number of nitrogens with one attached hydrogen (secondary N) is 1. The van der Waals surface area contributed by atoms with E-state index in [0.29, 0.717) is 21.9 Å². The summed E-state index contributed by atoms with van der Waals surface area (Å²) in [6.07, 6.45) is 0. The van der Waals surface area contributed by atoms with Gasteiger partial charge in [-0.2, -0.15) is 0 Å². The minimum absolute atomic E-state index is 0.292. The quantitative estimate of drug-likeness (QED) is 0.922. The van der Waals surface area contributed by atoms with Crippen LogP contribution >= 0.6 is 15.9 Å². The van der Waals surface area contributed by atoms with Crippen molar-refractivity contribution in [3.8, 4) is 0 Å². The largest absolute Gasteiger partial charge is 0.316 e. The molecule has 0 saturated carbocycles. The van der Waals surface area contributed by atoms with E-state index in [4.69, 9.17) is 0 Å². The predicted molar refractivity (Wildman–Crippen MR) is 67.2 cm³/mol. The van der Waals surface area contributed by atoms with Gasteiger partial charge in [-0.3, -0.25) is 4.21 Å². The Balaban J connectivity index is 1.97. The minimum Gasteiger partial charge on any atom is -0.316 e. The van der Waals surface area contributed by atoms with E-state index >= 15 is 0 Å². The molecule has 1 aromatic carbocycles. The van der Waals surface area contributed by atoms with Crippen LogP contribution in [0.5, 0.6) is 0 Å². The van der Waals surface area contributed by atoms with Gasteiger partial charge in [-0.1, -0.05) is 12.1 Å². The van der Waals surface area contributed by atoms with Gasteiger partial charge in [0.1, 0.15) is 5.82 Å². The normalized spacial score (nSPS) is 18.1. The third-order valence-corrected chi connectivity index (χ3v) is 5.00. The van der Waals surface area contributed by atoms with Crippen molar-refractivity contribution < 1.29 is 8.60 Å². The average Bonchev–Trinajstić information content (AvgIpc) is 2.19. The number of halogens is 2. The maximum atomic E-state index is 13.2. The highest BCUT2D eigenvalue weighted by Crippen LogP contribution is 2.22. The van der Waals surface area contributed by atoms with E-state index in [9.17, 15) is 8.60 Å². The van der Waals surface area contributed by atoms with Gasteiger partial charge in [0, 0.05) is 35.4 Å². The summed E-state index contributed by atoms with van der Waals surface area (Å²) in [6.45, 7) is 1.91. The van der Waals surface area contributed by atoms with E-state index in [1.54, 1.807) is 6.07 Å². The standard InChI is InChI=1S/C11H13BrFNOS/c12-11-9(2-1-3-10(11)13)7-16(15)6-8-4-14-5-8/h1-3,8,14H,4-7H2. The van der Waals surface area contributed by atoms with E-state index in [0.717, 1.165) is 18.7 Å². The summed E-state index contributed by atoms with van der Waals surface area (Å²) >= 11 is 3.18. The highest BCUT2D eigenvalue weighted by molar-refractivity contribution is 9.10. The monoisotopic (exact) mass is 305 g/mol. The van der Waals surface area contributed by atoms with Crippen LogP contribution in [0.1, 0.15) is 5.56 Å². The number of rotatable bonds is 4. The first-order valence-corrected chi connectivity index (χ1v) is 7.43. The fraction of sp³-hybridized carbons (Fsp3) is 0.455. The van der Waals surface area contributed by atoms with Crippen molar-refractivity contribution in [2.75, 3.05) is 18.8 Å².